The number of aromatic carboxylic acids is 1. The average Bonchev–Trinajstić information content (AvgIpc) is 2.75. The van der Waals surface area contributed by atoms with Crippen LogP contribution in [0.2, 0.25) is 0 Å². The summed E-state index contributed by atoms with van der Waals surface area (Å²) in [7, 11) is 0. The lowest BCUT2D eigenvalue weighted by Gasteiger charge is -2.10. The van der Waals surface area contributed by atoms with Crippen molar-refractivity contribution >= 4 is 16.9 Å². The monoisotopic (exact) mass is 303 g/mol. The Kier molecular flexibility index (Phi) is 4.91. The molecule has 0 amide bonds. The summed E-state index contributed by atoms with van der Waals surface area (Å²) in [5.74, 6) is -0.910. The lowest BCUT2D eigenvalue weighted by atomic mass is 10.00. The molecule has 4 heteroatoms. The molecular weight excluding hydrogens is 278 g/mol. The lowest BCUT2D eigenvalue weighted by Crippen LogP contribution is -2.06. The van der Waals surface area contributed by atoms with E-state index in [2.05, 4.69) is 11.5 Å². The highest BCUT2D eigenvalue weighted by Gasteiger charge is 2.22. The molecule has 0 spiro atoms. The highest BCUT2D eigenvalue weighted by molar-refractivity contribution is 6.04. The number of aromatic nitrogens is 1. The fraction of sp³-hybridized carbons (Fsp3) is 0.500. The normalized spacial score (nSPS) is 12.8. The second-order valence-electron chi connectivity index (χ2n) is 5.88. The smallest absolute Gasteiger partial charge is 0.337 e. The van der Waals surface area contributed by atoms with E-state index in [4.69, 9.17) is 0 Å². The third kappa shape index (κ3) is 2.75. The molecule has 0 aliphatic rings. The van der Waals surface area contributed by atoms with Crippen LogP contribution in [0.15, 0.2) is 12.1 Å². The van der Waals surface area contributed by atoms with E-state index in [0.717, 1.165) is 53.5 Å². The van der Waals surface area contributed by atoms with Gasteiger partial charge in [-0.15, -0.1) is 0 Å². The van der Waals surface area contributed by atoms with Crippen LogP contribution in [0.25, 0.3) is 10.9 Å². The molecule has 1 aromatic heterocycles. The topological polar surface area (TPSA) is 62.5 Å². The van der Waals surface area contributed by atoms with Crippen LogP contribution in [0.3, 0.4) is 0 Å². The molecule has 120 valence electrons. The fourth-order valence-electron chi connectivity index (χ4n) is 3.19. The van der Waals surface area contributed by atoms with Gasteiger partial charge in [0.15, 0.2) is 0 Å². The second-order valence-corrected chi connectivity index (χ2v) is 5.88. The van der Waals surface area contributed by atoms with Gasteiger partial charge >= 0.3 is 5.97 Å². The van der Waals surface area contributed by atoms with Gasteiger partial charge in [0.05, 0.1) is 17.2 Å². The van der Waals surface area contributed by atoms with Gasteiger partial charge in [0, 0.05) is 23.2 Å². The van der Waals surface area contributed by atoms with Crippen LogP contribution in [-0.4, -0.2) is 20.7 Å². The SMILES string of the molecule is CCCCn1c(C)c(C(C)O)c2cc(CC)cc(C(=O)O)c21. The number of rotatable bonds is 6. The number of hydrogen-bond acceptors (Lipinski definition) is 2. The Morgan fingerprint density at radius 2 is 2.00 bits per heavy atom. The molecule has 1 unspecified atom stereocenters. The molecule has 0 radical (unpaired) electrons. The number of unbranched alkanes of at least 4 members (excludes halogenated alkanes) is 1. The number of aryl methyl sites for hydroxylation is 2. The van der Waals surface area contributed by atoms with E-state index >= 15 is 0 Å². The molecule has 1 heterocycles. The van der Waals surface area contributed by atoms with E-state index in [-0.39, 0.29) is 0 Å². The van der Waals surface area contributed by atoms with Crippen LogP contribution in [0.4, 0.5) is 0 Å². The van der Waals surface area contributed by atoms with Gasteiger partial charge in [-0.05, 0) is 44.4 Å². The zero-order valence-electron chi connectivity index (χ0n) is 13.8. The van der Waals surface area contributed by atoms with Gasteiger partial charge in [-0.25, -0.2) is 4.79 Å². The summed E-state index contributed by atoms with van der Waals surface area (Å²) in [6, 6.07) is 3.79. The summed E-state index contributed by atoms with van der Waals surface area (Å²) < 4.78 is 2.06. The van der Waals surface area contributed by atoms with Crippen molar-refractivity contribution in [1.82, 2.24) is 4.57 Å². The molecule has 0 saturated carbocycles. The molecule has 1 atom stereocenters. The number of carbonyl (C=O) groups is 1. The molecule has 0 aliphatic heterocycles. The van der Waals surface area contributed by atoms with Gasteiger partial charge in [-0.3, -0.25) is 0 Å². The molecule has 2 N–H and O–H groups in total. The molecule has 0 fully saturated rings. The first-order chi connectivity index (χ1) is 10.4. The lowest BCUT2D eigenvalue weighted by molar-refractivity contribution is 0.0698. The van der Waals surface area contributed by atoms with Gasteiger partial charge in [-0.2, -0.15) is 0 Å². The molecule has 22 heavy (non-hydrogen) atoms. The zero-order valence-corrected chi connectivity index (χ0v) is 13.8. The van der Waals surface area contributed by atoms with Crippen LogP contribution in [-0.2, 0) is 13.0 Å². The van der Waals surface area contributed by atoms with Crippen molar-refractivity contribution in [3.63, 3.8) is 0 Å². The molecule has 2 aromatic rings. The van der Waals surface area contributed by atoms with Crippen molar-refractivity contribution in [2.24, 2.45) is 0 Å². The van der Waals surface area contributed by atoms with Gasteiger partial charge in [0.2, 0.25) is 0 Å². The minimum Gasteiger partial charge on any atom is -0.478 e. The van der Waals surface area contributed by atoms with Crippen LogP contribution in [0.5, 0.6) is 0 Å². The van der Waals surface area contributed by atoms with E-state index in [1.807, 2.05) is 19.9 Å². The molecular formula is C18H25NO3. The Bertz CT molecular complexity index is 698. The van der Waals surface area contributed by atoms with Crippen molar-refractivity contribution in [2.45, 2.75) is 59.6 Å². The maximum atomic E-state index is 11.7. The summed E-state index contributed by atoms with van der Waals surface area (Å²) in [6.07, 6.45) is 2.19. The molecule has 1 aromatic carbocycles. The first-order valence-electron chi connectivity index (χ1n) is 7.99. The quantitative estimate of drug-likeness (QED) is 0.845. The molecule has 0 bridgehead atoms. The molecule has 4 nitrogen and oxygen atoms in total. The summed E-state index contributed by atoms with van der Waals surface area (Å²) in [5, 5.41) is 20.7. The predicted molar refractivity (Wildman–Crippen MR) is 88.6 cm³/mol. The second kappa shape index (κ2) is 6.53. The number of hydrogen-bond donors (Lipinski definition) is 2. The third-order valence-corrected chi connectivity index (χ3v) is 4.32. The van der Waals surface area contributed by atoms with E-state index in [0.29, 0.717) is 5.56 Å². The molecule has 0 aliphatic carbocycles. The first kappa shape index (κ1) is 16.6. The fourth-order valence-corrected chi connectivity index (χ4v) is 3.19. The standard InChI is InChI=1S/C18H25NO3/c1-5-7-8-19-11(3)16(12(4)20)14-9-13(6-2)10-15(17(14)19)18(21)22/h9-10,12,20H,5-8H2,1-4H3,(H,21,22). The van der Waals surface area contributed by atoms with Gasteiger partial charge in [0.1, 0.15) is 0 Å². The Labute approximate surface area is 131 Å². The molecule has 0 saturated heterocycles. The largest absolute Gasteiger partial charge is 0.478 e. The number of benzene rings is 1. The Morgan fingerprint density at radius 3 is 2.50 bits per heavy atom. The summed E-state index contributed by atoms with van der Waals surface area (Å²) in [4.78, 5) is 11.7. The number of aliphatic hydroxyl groups excluding tert-OH is 1. The average molecular weight is 303 g/mol. The Balaban J connectivity index is 2.87. The van der Waals surface area contributed by atoms with Crippen LogP contribution < -0.4 is 0 Å². The first-order valence-corrected chi connectivity index (χ1v) is 7.99. The number of carboxylic acid groups (broad SMARTS) is 1. The highest BCUT2D eigenvalue weighted by atomic mass is 16.4. The van der Waals surface area contributed by atoms with Crippen molar-refractivity contribution in [3.8, 4) is 0 Å². The van der Waals surface area contributed by atoms with Crippen LogP contribution in [0.1, 0.15) is 66.9 Å². The summed E-state index contributed by atoms with van der Waals surface area (Å²) >= 11 is 0. The maximum absolute atomic E-state index is 11.7. The van der Waals surface area contributed by atoms with Crippen molar-refractivity contribution in [1.29, 1.82) is 0 Å². The van der Waals surface area contributed by atoms with E-state index in [1.54, 1.807) is 13.0 Å². The predicted octanol–water partition coefficient (Wildman–Crippen LogP) is 4.06. The van der Waals surface area contributed by atoms with E-state index in [1.165, 1.54) is 0 Å². The van der Waals surface area contributed by atoms with Crippen molar-refractivity contribution in [2.75, 3.05) is 0 Å². The Hall–Kier alpha value is -1.81. The van der Waals surface area contributed by atoms with Crippen molar-refractivity contribution < 1.29 is 15.0 Å². The molecule has 2 rings (SSSR count). The van der Waals surface area contributed by atoms with E-state index in [9.17, 15) is 15.0 Å². The number of nitrogens with zero attached hydrogens (tertiary/aromatic N) is 1. The minimum atomic E-state index is -0.910. The van der Waals surface area contributed by atoms with Gasteiger partial charge in [-0.1, -0.05) is 20.3 Å². The van der Waals surface area contributed by atoms with Crippen LogP contribution >= 0.6 is 0 Å². The third-order valence-electron chi connectivity index (χ3n) is 4.32. The van der Waals surface area contributed by atoms with Gasteiger partial charge < -0.3 is 14.8 Å². The number of carboxylic acids is 1. The summed E-state index contributed by atoms with van der Waals surface area (Å²) in [5.41, 5.74) is 3.88. The van der Waals surface area contributed by atoms with Crippen molar-refractivity contribution in [3.05, 3.63) is 34.5 Å². The Morgan fingerprint density at radius 1 is 1.32 bits per heavy atom. The summed E-state index contributed by atoms with van der Waals surface area (Å²) in [6.45, 7) is 8.61. The van der Waals surface area contributed by atoms with Crippen LogP contribution in [0, 0.1) is 6.92 Å². The maximum Gasteiger partial charge on any atom is 0.337 e. The highest BCUT2D eigenvalue weighted by Crippen LogP contribution is 2.34. The minimum absolute atomic E-state index is 0.334. The van der Waals surface area contributed by atoms with E-state index < -0.39 is 12.1 Å². The number of aliphatic hydroxyl groups is 1. The zero-order chi connectivity index (χ0) is 16.4. The number of fused-ring (bicyclic) bond motifs is 1. The van der Waals surface area contributed by atoms with Gasteiger partial charge in [0.25, 0.3) is 0 Å².